The van der Waals surface area contributed by atoms with Gasteiger partial charge in [0.2, 0.25) is 0 Å². The lowest BCUT2D eigenvalue weighted by Gasteiger charge is -2.24. The molecule has 4 heteroatoms. The maximum Gasteiger partial charge on any atom is 0.0803 e. The highest BCUT2D eigenvalue weighted by Gasteiger charge is 2.25. The Labute approximate surface area is 129 Å². The number of halogens is 2. The predicted octanol–water partition coefficient (Wildman–Crippen LogP) is 3.99. The van der Waals surface area contributed by atoms with Gasteiger partial charge in [-0.2, -0.15) is 0 Å². The smallest absolute Gasteiger partial charge is 0.0656 e. The topological polar surface area (TPSA) is 0 Å². The van der Waals surface area contributed by atoms with Crippen LogP contribution in [0.2, 0.25) is 39.3 Å². The largest absolute Gasteiger partial charge is 0.0803 e. The average Bonchev–Trinajstić information content (AvgIpc) is 1.97. The second-order valence-electron chi connectivity index (χ2n) is 6.31. The minimum Gasteiger partial charge on any atom is -0.0656 e. The summed E-state index contributed by atoms with van der Waals surface area (Å²) in [6.07, 6.45) is 0. The molecule has 0 spiro atoms. The second kappa shape index (κ2) is 5.01. The molecule has 0 atom stereocenters. The summed E-state index contributed by atoms with van der Waals surface area (Å²) in [6, 6.07) is 4.87. The SMILES string of the molecule is C[Si](C)(C)c1cc(I)c([Si](C)(C)C)c(I)c1. The zero-order valence-electron chi connectivity index (χ0n) is 10.9. The Balaban J connectivity index is 3.41. The third kappa shape index (κ3) is 3.55. The van der Waals surface area contributed by atoms with Crippen molar-refractivity contribution in [1.82, 2.24) is 0 Å². The third-order valence-electron chi connectivity index (χ3n) is 2.66. The van der Waals surface area contributed by atoms with Crippen molar-refractivity contribution >= 4 is 71.7 Å². The molecule has 0 aliphatic carbocycles. The summed E-state index contributed by atoms with van der Waals surface area (Å²) in [7, 11) is -2.38. The van der Waals surface area contributed by atoms with Gasteiger partial charge in [0.15, 0.2) is 0 Å². The van der Waals surface area contributed by atoms with E-state index in [2.05, 4.69) is 96.6 Å². The van der Waals surface area contributed by atoms with Gasteiger partial charge in [-0.3, -0.25) is 0 Å². The van der Waals surface area contributed by atoms with Crippen LogP contribution in [-0.4, -0.2) is 16.1 Å². The molecule has 0 saturated carbocycles. The average molecular weight is 474 g/mol. The van der Waals surface area contributed by atoms with Crippen molar-refractivity contribution in [2.75, 3.05) is 0 Å². The number of rotatable bonds is 2. The normalized spacial score (nSPS) is 13.0. The van der Waals surface area contributed by atoms with Crippen molar-refractivity contribution in [2.45, 2.75) is 39.3 Å². The predicted molar refractivity (Wildman–Crippen MR) is 97.8 cm³/mol. The molecule has 0 nitrogen and oxygen atoms in total. The van der Waals surface area contributed by atoms with Crippen LogP contribution in [0.5, 0.6) is 0 Å². The van der Waals surface area contributed by atoms with Crippen molar-refractivity contribution in [3.63, 3.8) is 0 Å². The highest BCUT2D eigenvalue weighted by molar-refractivity contribution is 14.1. The molecule has 16 heavy (non-hydrogen) atoms. The number of benzene rings is 1. The van der Waals surface area contributed by atoms with E-state index < -0.39 is 16.1 Å². The molecule has 0 radical (unpaired) electrons. The molecule has 0 N–H and O–H groups in total. The molecule has 90 valence electrons. The van der Waals surface area contributed by atoms with Gasteiger partial charge in [0, 0.05) is 7.14 Å². The van der Waals surface area contributed by atoms with Crippen molar-refractivity contribution in [3.8, 4) is 0 Å². The summed E-state index contributed by atoms with van der Waals surface area (Å²) in [5, 5.41) is 3.22. The zero-order valence-corrected chi connectivity index (χ0v) is 17.2. The standard InChI is InChI=1S/C12H20I2Si2/c1-15(2,3)9-7-10(13)12(11(14)8-9)16(4,5)6/h7-8H,1-6H3. The molecule has 0 heterocycles. The maximum absolute atomic E-state index is 2.53. The van der Waals surface area contributed by atoms with Gasteiger partial charge in [-0.15, -0.1) is 0 Å². The molecule has 0 aliphatic heterocycles. The molecule has 0 amide bonds. The first-order valence-electron chi connectivity index (χ1n) is 5.53. The summed E-state index contributed by atoms with van der Waals surface area (Å²) >= 11 is 5.06. The summed E-state index contributed by atoms with van der Waals surface area (Å²) in [5.74, 6) is 0. The molecule has 1 aromatic carbocycles. The molecule has 0 aromatic heterocycles. The molecule has 0 saturated heterocycles. The van der Waals surface area contributed by atoms with Gasteiger partial charge < -0.3 is 0 Å². The fourth-order valence-corrected chi connectivity index (χ4v) is 11.7. The fourth-order valence-electron chi connectivity index (χ4n) is 1.72. The van der Waals surface area contributed by atoms with Crippen LogP contribution < -0.4 is 10.4 Å². The number of hydrogen-bond donors (Lipinski definition) is 0. The quantitative estimate of drug-likeness (QED) is 0.450. The first-order valence-corrected chi connectivity index (χ1v) is 14.7. The maximum atomic E-state index is 2.53. The lowest BCUT2D eigenvalue weighted by atomic mass is 10.4. The Kier molecular flexibility index (Phi) is 4.75. The van der Waals surface area contributed by atoms with E-state index in [-0.39, 0.29) is 0 Å². The van der Waals surface area contributed by atoms with E-state index in [1.54, 1.807) is 10.4 Å². The first-order chi connectivity index (χ1) is 7.03. The summed E-state index contributed by atoms with van der Waals surface area (Å²) < 4.78 is 2.97. The summed E-state index contributed by atoms with van der Waals surface area (Å²) in [5.41, 5.74) is 0. The third-order valence-corrected chi connectivity index (χ3v) is 9.44. The monoisotopic (exact) mass is 474 g/mol. The van der Waals surface area contributed by atoms with E-state index in [0.29, 0.717) is 0 Å². The van der Waals surface area contributed by atoms with E-state index in [4.69, 9.17) is 0 Å². The van der Waals surface area contributed by atoms with Crippen LogP contribution in [-0.2, 0) is 0 Å². The lowest BCUT2D eigenvalue weighted by molar-refractivity contribution is 1.59. The van der Waals surface area contributed by atoms with Gasteiger partial charge in [-0.1, -0.05) is 44.5 Å². The van der Waals surface area contributed by atoms with Gasteiger partial charge in [0.05, 0.1) is 16.1 Å². The zero-order chi connectivity index (χ0) is 12.7. The first kappa shape index (κ1) is 15.2. The minimum atomic E-state index is -1.20. The lowest BCUT2D eigenvalue weighted by Crippen LogP contribution is -2.46. The molecule has 0 fully saturated rings. The highest BCUT2D eigenvalue weighted by atomic mass is 127. The van der Waals surface area contributed by atoms with Crippen molar-refractivity contribution in [3.05, 3.63) is 19.3 Å². The van der Waals surface area contributed by atoms with Gasteiger partial charge in [0.25, 0.3) is 0 Å². The Morgan fingerprint density at radius 3 is 1.38 bits per heavy atom. The van der Waals surface area contributed by atoms with Gasteiger partial charge in [-0.05, 0) is 62.5 Å². The van der Waals surface area contributed by atoms with Crippen molar-refractivity contribution in [1.29, 1.82) is 0 Å². The van der Waals surface area contributed by atoms with Gasteiger partial charge >= 0.3 is 0 Å². The van der Waals surface area contributed by atoms with Crippen LogP contribution in [0.4, 0.5) is 0 Å². The van der Waals surface area contributed by atoms with Gasteiger partial charge in [0.1, 0.15) is 0 Å². The second-order valence-corrected chi connectivity index (χ2v) is 18.7. The van der Waals surface area contributed by atoms with Crippen LogP contribution in [0, 0.1) is 7.14 Å². The molecule has 1 aromatic rings. The van der Waals surface area contributed by atoms with E-state index in [9.17, 15) is 0 Å². The Morgan fingerprint density at radius 2 is 1.12 bits per heavy atom. The molecule has 0 unspecified atom stereocenters. The Hall–Kier alpha value is 1.11. The van der Waals surface area contributed by atoms with Crippen molar-refractivity contribution in [2.24, 2.45) is 0 Å². The highest BCUT2D eigenvalue weighted by Crippen LogP contribution is 2.16. The van der Waals surface area contributed by atoms with Crippen LogP contribution >= 0.6 is 45.2 Å². The minimum absolute atomic E-state index is 1.17. The molecular weight excluding hydrogens is 454 g/mol. The van der Waals surface area contributed by atoms with Crippen molar-refractivity contribution < 1.29 is 0 Å². The Morgan fingerprint density at radius 1 is 0.750 bits per heavy atom. The van der Waals surface area contributed by atoms with Crippen LogP contribution in [0.25, 0.3) is 0 Å². The molecule has 1 rings (SSSR count). The van der Waals surface area contributed by atoms with Gasteiger partial charge in [-0.25, -0.2) is 0 Å². The Bertz CT molecular complexity index is 377. The summed E-state index contributed by atoms with van der Waals surface area (Å²) in [6.45, 7) is 14.6. The van der Waals surface area contributed by atoms with E-state index in [1.165, 1.54) is 7.14 Å². The van der Waals surface area contributed by atoms with Crippen LogP contribution in [0.3, 0.4) is 0 Å². The van der Waals surface area contributed by atoms with Crippen LogP contribution in [0.15, 0.2) is 12.1 Å². The molecular formula is C12H20I2Si2. The number of hydrogen-bond acceptors (Lipinski definition) is 0. The van der Waals surface area contributed by atoms with E-state index >= 15 is 0 Å². The van der Waals surface area contributed by atoms with E-state index in [1.807, 2.05) is 0 Å². The fraction of sp³-hybridized carbons (Fsp3) is 0.500. The van der Waals surface area contributed by atoms with Crippen LogP contribution in [0.1, 0.15) is 0 Å². The van der Waals surface area contributed by atoms with E-state index in [0.717, 1.165) is 0 Å². The summed E-state index contributed by atoms with van der Waals surface area (Å²) in [4.78, 5) is 0. The molecule has 0 aliphatic rings. The molecule has 0 bridgehead atoms.